The van der Waals surface area contributed by atoms with Crippen LogP contribution in [-0.2, 0) is 15.7 Å². The van der Waals surface area contributed by atoms with Gasteiger partial charge >= 0.3 is 12.1 Å². The number of aromatic nitrogens is 3. The van der Waals surface area contributed by atoms with E-state index in [1.54, 1.807) is 6.92 Å². The summed E-state index contributed by atoms with van der Waals surface area (Å²) < 4.78 is 50.5. The van der Waals surface area contributed by atoms with Gasteiger partial charge in [0.2, 0.25) is 0 Å². The molecule has 0 atom stereocenters. The lowest BCUT2D eigenvalue weighted by atomic mass is 9.74. The van der Waals surface area contributed by atoms with Crippen LogP contribution in [0.5, 0.6) is 0 Å². The molecular formula is C27H29Cl2F3N4O5. The van der Waals surface area contributed by atoms with Gasteiger partial charge in [-0.15, -0.1) is 0 Å². The van der Waals surface area contributed by atoms with E-state index in [1.807, 2.05) is 0 Å². The van der Waals surface area contributed by atoms with E-state index in [-0.39, 0.29) is 53.9 Å². The Morgan fingerprint density at radius 1 is 1.07 bits per heavy atom. The zero-order chi connectivity index (χ0) is 29.7. The number of nitrogens with zero attached hydrogens (tertiary/aromatic N) is 4. The van der Waals surface area contributed by atoms with Gasteiger partial charge in [0.25, 0.3) is 5.91 Å². The Bertz CT molecular complexity index is 1340. The normalized spacial score (nSPS) is 27.7. The molecule has 3 aliphatic rings. The number of carbonyl (C=O) groups is 3. The molecule has 5 rings (SSSR count). The number of ether oxygens (including phenoxy) is 1. The lowest BCUT2D eigenvalue weighted by Crippen LogP contribution is -2.47. The molecule has 222 valence electrons. The van der Waals surface area contributed by atoms with Crippen LogP contribution >= 0.6 is 23.2 Å². The van der Waals surface area contributed by atoms with Gasteiger partial charge in [0.1, 0.15) is 0 Å². The van der Waals surface area contributed by atoms with E-state index in [2.05, 4.69) is 10.1 Å². The number of rotatable bonds is 8. The number of carboxylic acids is 1. The molecule has 1 N–H and O–H groups in total. The third kappa shape index (κ3) is 5.70. The predicted octanol–water partition coefficient (Wildman–Crippen LogP) is 5.85. The van der Waals surface area contributed by atoms with Crippen molar-refractivity contribution >= 4 is 40.9 Å². The van der Waals surface area contributed by atoms with Crippen molar-refractivity contribution in [3.8, 4) is 0 Å². The zero-order valence-electron chi connectivity index (χ0n) is 22.2. The molecule has 0 radical (unpaired) electrons. The van der Waals surface area contributed by atoms with E-state index in [0.717, 1.165) is 28.6 Å². The molecular weight excluding hydrogens is 588 g/mol. The summed E-state index contributed by atoms with van der Waals surface area (Å²) in [6.45, 7) is 0.904. The number of fused-ring (bicyclic) bond motifs is 2. The second-order valence-electron chi connectivity index (χ2n) is 11.5. The lowest BCUT2D eigenvalue weighted by molar-refractivity contribution is -0.152. The minimum atomic E-state index is -4.94. The Morgan fingerprint density at radius 3 is 2.20 bits per heavy atom. The van der Waals surface area contributed by atoms with Gasteiger partial charge < -0.3 is 14.7 Å². The fourth-order valence-electron chi connectivity index (χ4n) is 6.33. The zero-order valence-corrected chi connectivity index (χ0v) is 23.7. The molecule has 41 heavy (non-hydrogen) atoms. The van der Waals surface area contributed by atoms with Gasteiger partial charge in [0.05, 0.1) is 63.6 Å². The van der Waals surface area contributed by atoms with Crippen LogP contribution in [0.25, 0.3) is 0 Å². The summed E-state index contributed by atoms with van der Waals surface area (Å²) in [4.78, 5) is 43.8. The number of pyridine rings is 1. The standard InChI is InChI=1S/C27H29Cl2F3N4O5/c1-25(24(39)40)6-2-15(3-7-25)36-22(27(30,31)32)17(10-34-36)23(38)35(14-26-8-4-16(41-26)5-9-26)13-20(37)21-18(28)11-33-12-19(21)29/h10-12,15-16H,2-9,13-14H2,1H3,(H,39,40)/t15-,16?,25-,26?. The van der Waals surface area contributed by atoms with Gasteiger partial charge in [-0.1, -0.05) is 23.2 Å². The molecule has 3 fully saturated rings. The summed E-state index contributed by atoms with van der Waals surface area (Å²) in [5.41, 5.74) is -3.78. The average molecular weight is 617 g/mol. The fourth-order valence-corrected chi connectivity index (χ4v) is 6.90. The molecule has 1 saturated carbocycles. The summed E-state index contributed by atoms with van der Waals surface area (Å²) in [6, 6.07) is -0.738. The van der Waals surface area contributed by atoms with Gasteiger partial charge in [0, 0.05) is 12.4 Å². The Labute approximate surface area is 243 Å². The fraction of sp³-hybridized carbons (Fsp3) is 0.593. The third-order valence-electron chi connectivity index (χ3n) is 8.71. The molecule has 1 amide bonds. The molecule has 1 aliphatic carbocycles. The number of halogens is 5. The largest absolute Gasteiger partial charge is 0.481 e. The van der Waals surface area contributed by atoms with E-state index in [0.29, 0.717) is 12.8 Å². The first-order valence-corrected chi connectivity index (χ1v) is 14.2. The molecule has 0 aromatic carbocycles. The molecule has 2 aromatic heterocycles. The summed E-state index contributed by atoms with van der Waals surface area (Å²) in [6.07, 6.45) is 1.80. The molecule has 2 bridgehead atoms. The first-order chi connectivity index (χ1) is 19.2. The smallest absolute Gasteiger partial charge is 0.433 e. The first kappa shape index (κ1) is 29.8. The third-order valence-corrected chi connectivity index (χ3v) is 9.28. The van der Waals surface area contributed by atoms with E-state index >= 15 is 0 Å². The highest BCUT2D eigenvalue weighted by Crippen LogP contribution is 2.46. The number of Topliss-reactive ketones (excluding diaryl/α,β-unsaturated/α-hetero) is 1. The number of aliphatic carboxylic acids is 1. The van der Waals surface area contributed by atoms with Crippen molar-refractivity contribution in [2.24, 2.45) is 5.41 Å². The number of carbonyl (C=O) groups excluding carboxylic acids is 2. The average Bonchev–Trinajstić information content (AvgIpc) is 3.63. The van der Waals surface area contributed by atoms with Crippen molar-refractivity contribution in [2.75, 3.05) is 13.1 Å². The van der Waals surface area contributed by atoms with Crippen LogP contribution < -0.4 is 0 Å². The lowest BCUT2D eigenvalue weighted by Gasteiger charge is -2.35. The number of alkyl halides is 3. The second kappa shape index (κ2) is 10.9. The molecule has 4 heterocycles. The maximum absolute atomic E-state index is 14.5. The molecule has 9 nitrogen and oxygen atoms in total. The highest BCUT2D eigenvalue weighted by Gasteiger charge is 2.49. The highest BCUT2D eigenvalue weighted by atomic mass is 35.5. The topological polar surface area (TPSA) is 115 Å². The molecule has 2 aromatic rings. The van der Waals surface area contributed by atoms with Gasteiger partial charge in [0.15, 0.2) is 11.5 Å². The number of amides is 1. The molecule has 0 spiro atoms. The maximum Gasteiger partial charge on any atom is 0.433 e. The van der Waals surface area contributed by atoms with E-state index in [1.165, 1.54) is 12.4 Å². The quantitative estimate of drug-likeness (QED) is 0.370. The van der Waals surface area contributed by atoms with Crippen LogP contribution in [-0.4, -0.2) is 67.2 Å². The summed E-state index contributed by atoms with van der Waals surface area (Å²) in [7, 11) is 0. The Hall–Kier alpha value is -2.70. The van der Waals surface area contributed by atoms with Gasteiger partial charge in [-0.05, 0) is 58.3 Å². The van der Waals surface area contributed by atoms with Crippen LogP contribution in [0.15, 0.2) is 18.6 Å². The molecule has 2 saturated heterocycles. The SMILES string of the molecule is C[C@]1(C(=O)O)CC[C@H](n2ncc(C(=O)N(CC(=O)c3c(Cl)cncc3Cl)CC34CCC(CC3)O4)c2C(F)(F)F)CC1. The highest BCUT2D eigenvalue weighted by molar-refractivity contribution is 6.39. The maximum atomic E-state index is 14.5. The summed E-state index contributed by atoms with van der Waals surface area (Å²) in [5, 5.41) is 13.4. The Morgan fingerprint density at radius 2 is 1.68 bits per heavy atom. The van der Waals surface area contributed by atoms with E-state index < -0.39 is 58.7 Å². The van der Waals surface area contributed by atoms with Crippen molar-refractivity contribution < 1.29 is 37.4 Å². The van der Waals surface area contributed by atoms with Crippen molar-refractivity contribution in [1.29, 1.82) is 0 Å². The van der Waals surface area contributed by atoms with Crippen molar-refractivity contribution in [2.45, 2.75) is 82.2 Å². The monoisotopic (exact) mass is 616 g/mol. The first-order valence-electron chi connectivity index (χ1n) is 13.4. The van der Waals surface area contributed by atoms with Crippen molar-refractivity contribution in [3.63, 3.8) is 0 Å². The van der Waals surface area contributed by atoms with Crippen molar-refractivity contribution in [1.82, 2.24) is 19.7 Å². The van der Waals surface area contributed by atoms with Crippen LogP contribution in [0.1, 0.15) is 90.7 Å². The minimum Gasteiger partial charge on any atom is -0.481 e. The van der Waals surface area contributed by atoms with Gasteiger partial charge in [-0.3, -0.25) is 24.0 Å². The number of hydrogen-bond donors (Lipinski definition) is 1. The van der Waals surface area contributed by atoms with Crippen LogP contribution in [0.2, 0.25) is 10.0 Å². The molecule has 14 heteroatoms. The summed E-state index contributed by atoms with van der Waals surface area (Å²) >= 11 is 12.3. The van der Waals surface area contributed by atoms with Crippen LogP contribution in [0.4, 0.5) is 13.2 Å². The summed E-state index contributed by atoms with van der Waals surface area (Å²) in [5.74, 6) is -2.67. The van der Waals surface area contributed by atoms with E-state index in [9.17, 15) is 32.7 Å². The van der Waals surface area contributed by atoms with Crippen molar-refractivity contribution in [3.05, 3.63) is 45.5 Å². The van der Waals surface area contributed by atoms with Crippen LogP contribution in [0, 0.1) is 5.41 Å². The number of hydrogen-bond acceptors (Lipinski definition) is 6. The van der Waals surface area contributed by atoms with E-state index in [4.69, 9.17) is 27.9 Å². The van der Waals surface area contributed by atoms with Gasteiger partial charge in [-0.25, -0.2) is 0 Å². The Kier molecular flexibility index (Phi) is 7.88. The Balaban J connectivity index is 1.48. The minimum absolute atomic E-state index is 0.0167. The number of carboxylic acid groups (broad SMARTS) is 1. The van der Waals surface area contributed by atoms with Gasteiger partial charge in [-0.2, -0.15) is 18.3 Å². The second-order valence-corrected chi connectivity index (χ2v) is 12.3. The number of ketones is 1. The molecule has 0 unspecified atom stereocenters. The molecule has 2 aliphatic heterocycles. The predicted molar refractivity (Wildman–Crippen MR) is 141 cm³/mol. The van der Waals surface area contributed by atoms with Crippen LogP contribution in [0.3, 0.4) is 0 Å².